The fourth-order valence-corrected chi connectivity index (χ4v) is 7.26. The molecule has 57 heavy (non-hydrogen) atoms. The maximum atomic E-state index is 12.1. The maximum Gasteiger partial charge on any atom is 0.472 e. The van der Waals surface area contributed by atoms with E-state index >= 15 is 0 Å². The summed E-state index contributed by atoms with van der Waals surface area (Å²) in [5.41, 5.74) is 0. The molecule has 2 atom stereocenters. The number of phosphoric acid groups is 1. The van der Waals surface area contributed by atoms with Crippen LogP contribution in [0, 0.1) is 0 Å². The number of unbranched alkanes of at least 4 members (excludes halogenated alkanes) is 25. The zero-order valence-electron chi connectivity index (χ0n) is 36.8. The van der Waals surface area contributed by atoms with Crippen molar-refractivity contribution in [3.8, 4) is 0 Å². The highest BCUT2D eigenvalue weighted by Gasteiger charge is 2.23. The highest BCUT2D eigenvalue weighted by Crippen LogP contribution is 2.42. The summed E-state index contributed by atoms with van der Waals surface area (Å²) >= 11 is 0. The van der Waals surface area contributed by atoms with Gasteiger partial charge in [0.25, 0.3) is 0 Å². The minimum Gasteiger partial charge on any atom is -0.463 e. The van der Waals surface area contributed by atoms with Gasteiger partial charge in [0.15, 0.2) is 0 Å². The number of aliphatic hydroxyl groups excluding tert-OH is 1. The first-order valence-corrected chi connectivity index (χ1v) is 25.0. The largest absolute Gasteiger partial charge is 0.472 e. The normalized spacial score (nSPS) is 13.5. The Morgan fingerprint density at radius 2 is 0.947 bits per heavy atom. The molecule has 0 saturated carbocycles. The third-order valence-electron chi connectivity index (χ3n) is 10.1. The van der Waals surface area contributed by atoms with Gasteiger partial charge < -0.3 is 20.1 Å². The van der Waals surface area contributed by atoms with Crippen molar-refractivity contribution in [1.29, 1.82) is 0 Å². The topological polar surface area (TPSA) is 131 Å². The standard InChI is InChI=1S/C47H88NO8P/c1-3-5-7-9-11-13-15-17-19-21-22-24-25-27-29-31-33-35-37-39-46(50)48-41-42-55-57(52,53)56-44-45(49)43-54-47(51)40-38-36-34-32-30-28-26-23-20-18-16-14-12-10-8-6-4-2/h11,13,17,19,22,24,45,49H,3-10,12,14-16,18,20-21,23,25-44H2,1-2H3,(H,48,50)(H,52,53)/b13-11-,19-17-,24-22-. The summed E-state index contributed by atoms with van der Waals surface area (Å²) in [6.45, 7) is 3.54. The summed E-state index contributed by atoms with van der Waals surface area (Å²) in [5.74, 6) is -0.523. The van der Waals surface area contributed by atoms with E-state index in [1.165, 1.54) is 128 Å². The lowest BCUT2D eigenvalue weighted by Gasteiger charge is -2.15. The first-order chi connectivity index (χ1) is 27.8. The molecule has 0 aromatic heterocycles. The van der Waals surface area contributed by atoms with Crippen LogP contribution in [0.15, 0.2) is 36.5 Å². The van der Waals surface area contributed by atoms with Crippen LogP contribution in [-0.4, -0.2) is 54.3 Å². The first kappa shape index (κ1) is 55.2. The molecule has 0 fully saturated rings. The van der Waals surface area contributed by atoms with Crippen LogP contribution in [0.3, 0.4) is 0 Å². The number of allylic oxidation sites excluding steroid dienone is 6. The fraction of sp³-hybridized carbons (Fsp3) is 0.830. The number of phosphoric ester groups is 1. The molecule has 0 spiro atoms. The van der Waals surface area contributed by atoms with Gasteiger partial charge in [-0.2, -0.15) is 0 Å². The lowest BCUT2D eigenvalue weighted by Crippen LogP contribution is -2.27. The summed E-state index contributed by atoms with van der Waals surface area (Å²) in [7, 11) is -4.42. The molecule has 0 saturated heterocycles. The predicted octanol–water partition coefficient (Wildman–Crippen LogP) is 13.3. The molecule has 0 aliphatic rings. The summed E-state index contributed by atoms with van der Waals surface area (Å²) in [4.78, 5) is 34.0. The second-order valence-electron chi connectivity index (χ2n) is 15.7. The summed E-state index contributed by atoms with van der Waals surface area (Å²) in [6, 6.07) is 0. The average Bonchev–Trinajstić information content (AvgIpc) is 3.20. The van der Waals surface area contributed by atoms with Crippen LogP contribution in [0.2, 0.25) is 0 Å². The molecule has 0 radical (unpaired) electrons. The number of ether oxygens (including phenoxy) is 1. The minimum absolute atomic E-state index is 0.0752. The average molecular weight is 826 g/mol. The van der Waals surface area contributed by atoms with Crippen molar-refractivity contribution < 1.29 is 37.9 Å². The van der Waals surface area contributed by atoms with Crippen molar-refractivity contribution in [1.82, 2.24) is 5.32 Å². The highest BCUT2D eigenvalue weighted by molar-refractivity contribution is 7.47. The van der Waals surface area contributed by atoms with Crippen LogP contribution >= 0.6 is 7.82 Å². The van der Waals surface area contributed by atoms with Gasteiger partial charge in [0.1, 0.15) is 12.7 Å². The lowest BCUT2D eigenvalue weighted by atomic mass is 10.0. The van der Waals surface area contributed by atoms with Crippen LogP contribution in [-0.2, 0) is 27.9 Å². The van der Waals surface area contributed by atoms with Gasteiger partial charge in [-0.3, -0.25) is 18.6 Å². The molecule has 0 rings (SSSR count). The van der Waals surface area contributed by atoms with E-state index in [0.717, 1.165) is 64.2 Å². The summed E-state index contributed by atoms with van der Waals surface area (Å²) in [5, 5.41) is 12.7. The number of hydrogen-bond donors (Lipinski definition) is 3. The SMILES string of the molecule is CCCCC/C=C\C/C=C\C/C=C\CCCCCCCCC(=O)NCCOP(=O)(O)OCC(O)COC(=O)CCCCCCCCCCCCCCCCCCC. The van der Waals surface area contributed by atoms with E-state index in [2.05, 4.69) is 55.6 Å². The van der Waals surface area contributed by atoms with E-state index in [1.54, 1.807) is 0 Å². The molecule has 0 bridgehead atoms. The monoisotopic (exact) mass is 826 g/mol. The number of esters is 1. The van der Waals surface area contributed by atoms with Crippen LogP contribution in [0.25, 0.3) is 0 Å². The Hall–Kier alpha value is -1.77. The number of nitrogens with one attached hydrogen (secondary N) is 1. The van der Waals surface area contributed by atoms with Crippen molar-refractivity contribution in [2.24, 2.45) is 0 Å². The Balaban J connectivity index is 3.59. The van der Waals surface area contributed by atoms with Gasteiger partial charge in [0.05, 0.1) is 13.2 Å². The smallest absolute Gasteiger partial charge is 0.463 e. The van der Waals surface area contributed by atoms with E-state index in [0.29, 0.717) is 6.42 Å². The molecule has 9 nitrogen and oxygen atoms in total. The van der Waals surface area contributed by atoms with Gasteiger partial charge in [-0.1, -0.05) is 192 Å². The number of hydrogen-bond acceptors (Lipinski definition) is 7. The van der Waals surface area contributed by atoms with E-state index in [1.807, 2.05) is 0 Å². The Kier molecular flexibility index (Phi) is 42.4. The molecular weight excluding hydrogens is 737 g/mol. The molecule has 0 aromatic rings. The quantitative estimate of drug-likeness (QED) is 0.0239. The Morgan fingerprint density at radius 1 is 0.544 bits per heavy atom. The van der Waals surface area contributed by atoms with Crippen LogP contribution in [0.5, 0.6) is 0 Å². The number of carbonyl (C=O) groups is 2. The van der Waals surface area contributed by atoms with Gasteiger partial charge >= 0.3 is 13.8 Å². The molecular formula is C47H88NO8P. The lowest BCUT2D eigenvalue weighted by molar-refractivity contribution is -0.147. The maximum absolute atomic E-state index is 12.1. The molecule has 0 aliphatic carbocycles. The number of amides is 1. The molecule has 3 N–H and O–H groups in total. The van der Waals surface area contributed by atoms with Crippen molar-refractivity contribution in [2.45, 2.75) is 225 Å². The van der Waals surface area contributed by atoms with Crippen molar-refractivity contribution in [2.75, 3.05) is 26.4 Å². The Labute approximate surface area is 350 Å². The second kappa shape index (κ2) is 43.8. The third-order valence-corrected chi connectivity index (χ3v) is 11.1. The van der Waals surface area contributed by atoms with Crippen molar-refractivity contribution in [3.05, 3.63) is 36.5 Å². The number of carbonyl (C=O) groups excluding carboxylic acids is 2. The highest BCUT2D eigenvalue weighted by atomic mass is 31.2. The van der Waals surface area contributed by atoms with Gasteiger partial charge in [-0.25, -0.2) is 4.57 Å². The van der Waals surface area contributed by atoms with Gasteiger partial charge in [0.2, 0.25) is 5.91 Å². The van der Waals surface area contributed by atoms with E-state index in [9.17, 15) is 24.2 Å². The van der Waals surface area contributed by atoms with Crippen molar-refractivity contribution in [3.63, 3.8) is 0 Å². The van der Waals surface area contributed by atoms with Crippen LogP contribution in [0.4, 0.5) is 0 Å². The van der Waals surface area contributed by atoms with Gasteiger partial charge in [0, 0.05) is 19.4 Å². The van der Waals surface area contributed by atoms with E-state index < -0.39 is 26.5 Å². The summed E-state index contributed by atoms with van der Waals surface area (Å²) in [6.07, 6.45) is 49.3. The molecule has 1 amide bonds. The zero-order valence-corrected chi connectivity index (χ0v) is 37.7. The number of rotatable bonds is 44. The predicted molar refractivity (Wildman–Crippen MR) is 238 cm³/mol. The van der Waals surface area contributed by atoms with Gasteiger partial charge in [-0.15, -0.1) is 0 Å². The fourth-order valence-electron chi connectivity index (χ4n) is 6.51. The van der Waals surface area contributed by atoms with Gasteiger partial charge in [-0.05, 0) is 51.4 Å². The third kappa shape index (κ3) is 45.2. The van der Waals surface area contributed by atoms with Crippen LogP contribution in [0.1, 0.15) is 219 Å². The van der Waals surface area contributed by atoms with Crippen LogP contribution < -0.4 is 5.32 Å². The van der Waals surface area contributed by atoms with E-state index in [4.69, 9.17) is 13.8 Å². The molecule has 0 heterocycles. The molecule has 0 aliphatic heterocycles. The zero-order chi connectivity index (χ0) is 41.8. The molecule has 10 heteroatoms. The molecule has 334 valence electrons. The Morgan fingerprint density at radius 3 is 1.46 bits per heavy atom. The van der Waals surface area contributed by atoms with Crippen molar-refractivity contribution >= 4 is 19.7 Å². The summed E-state index contributed by atoms with van der Waals surface area (Å²) < 4.78 is 26.9. The van der Waals surface area contributed by atoms with E-state index in [-0.39, 0.29) is 32.1 Å². The Bertz CT molecular complexity index is 1030. The molecule has 0 aromatic carbocycles. The second-order valence-corrected chi connectivity index (χ2v) is 17.2. The minimum atomic E-state index is -4.42. The first-order valence-electron chi connectivity index (χ1n) is 23.5. The number of aliphatic hydroxyl groups is 1. The molecule has 2 unspecified atom stereocenters.